The van der Waals surface area contributed by atoms with E-state index in [0.717, 1.165) is 29.9 Å². The van der Waals surface area contributed by atoms with Crippen LogP contribution in [0.2, 0.25) is 0 Å². The molecule has 0 saturated heterocycles. The molecule has 0 fully saturated rings. The number of rotatable bonds is 3. The summed E-state index contributed by atoms with van der Waals surface area (Å²) in [5.41, 5.74) is 13.4. The fourth-order valence-electron chi connectivity index (χ4n) is 1.57. The van der Waals surface area contributed by atoms with Crippen LogP contribution in [-0.4, -0.2) is 14.8 Å². The van der Waals surface area contributed by atoms with Gasteiger partial charge in [0.15, 0.2) is 5.82 Å². The van der Waals surface area contributed by atoms with Gasteiger partial charge >= 0.3 is 0 Å². The summed E-state index contributed by atoms with van der Waals surface area (Å²) >= 11 is 0. The third-order valence-corrected chi connectivity index (χ3v) is 2.51. The molecule has 0 aliphatic rings. The van der Waals surface area contributed by atoms with Crippen molar-refractivity contribution in [3.05, 3.63) is 35.7 Å². The normalized spacial score (nSPS) is 10.6. The summed E-state index contributed by atoms with van der Waals surface area (Å²) in [4.78, 5) is 4.14. The third-order valence-electron chi connectivity index (χ3n) is 2.51. The molecule has 2 aromatic rings. The molecule has 0 saturated carbocycles. The molecule has 1 heterocycles. The van der Waals surface area contributed by atoms with Gasteiger partial charge in [0.2, 0.25) is 5.95 Å². The Hall–Kier alpha value is -2.04. The van der Waals surface area contributed by atoms with E-state index >= 15 is 0 Å². The van der Waals surface area contributed by atoms with Crippen LogP contribution in [0, 0.1) is 0 Å². The largest absolute Gasteiger partial charge is 0.399 e. The van der Waals surface area contributed by atoms with Gasteiger partial charge in [0.25, 0.3) is 0 Å². The van der Waals surface area contributed by atoms with Gasteiger partial charge in [0.05, 0.1) is 0 Å². The van der Waals surface area contributed by atoms with Gasteiger partial charge in [-0.3, -0.25) is 0 Å². The zero-order chi connectivity index (χ0) is 11.5. The fraction of sp³-hybridized carbons (Fsp3) is 0.273. The molecule has 1 aromatic carbocycles. The number of hydrogen-bond donors (Lipinski definition) is 2. The molecule has 2 rings (SSSR count). The fourth-order valence-corrected chi connectivity index (χ4v) is 1.57. The molecule has 5 heteroatoms. The summed E-state index contributed by atoms with van der Waals surface area (Å²) in [5.74, 6) is 1.19. The molecular weight excluding hydrogens is 202 g/mol. The molecular formula is C11H15N5. The second kappa shape index (κ2) is 4.22. The molecule has 4 N–H and O–H groups in total. The molecule has 0 aliphatic carbocycles. The van der Waals surface area contributed by atoms with E-state index in [2.05, 4.69) is 10.1 Å². The minimum absolute atomic E-state index is 0.441. The second-order valence-corrected chi connectivity index (χ2v) is 3.71. The van der Waals surface area contributed by atoms with Crippen LogP contribution in [0.3, 0.4) is 0 Å². The topological polar surface area (TPSA) is 82.8 Å². The average molecular weight is 217 g/mol. The molecule has 1 aromatic heterocycles. The standard InChI is InChI=1S/C11H15N5/c1-16-11(13)14-10(15-16)7-6-8-4-2-3-5-9(8)12/h2-5H,6-7,12H2,1H3,(H2,13,14,15). The van der Waals surface area contributed by atoms with Gasteiger partial charge in [-0.05, 0) is 18.1 Å². The van der Waals surface area contributed by atoms with E-state index in [-0.39, 0.29) is 0 Å². The molecule has 0 radical (unpaired) electrons. The van der Waals surface area contributed by atoms with E-state index < -0.39 is 0 Å². The van der Waals surface area contributed by atoms with Crippen molar-refractivity contribution in [2.75, 3.05) is 11.5 Å². The predicted molar refractivity (Wildman–Crippen MR) is 63.7 cm³/mol. The van der Waals surface area contributed by atoms with E-state index in [4.69, 9.17) is 11.5 Å². The van der Waals surface area contributed by atoms with Crippen LogP contribution in [-0.2, 0) is 19.9 Å². The summed E-state index contributed by atoms with van der Waals surface area (Å²) in [6, 6.07) is 7.82. The number of aryl methyl sites for hydroxylation is 3. The minimum atomic E-state index is 0.441. The van der Waals surface area contributed by atoms with Crippen LogP contribution in [0.5, 0.6) is 0 Å². The Morgan fingerprint density at radius 1 is 1.19 bits per heavy atom. The Balaban J connectivity index is 2.05. The maximum absolute atomic E-state index is 5.85. The summed E-state index contributed by atoms with van der Waals surface area (Å²) < 4.78 is 1.57. The maximum atomic E-state index is 5.85. The number of para-hydroxylation sites is 1. The zero-order valence-corrected chi connectivity index (χ0v) is 9.22. The van der Waals surface area contributed by atoms with Crippen molar-refractivity contribution in [3.63, 3.8) is 0 Å². The Morgan fingerprint density at radius 2 is 1.94 bits per heavy atom. The van der Waals surface area contributed by atoms with Gasteiger partial charge < -0.3 is 11.5 Å². The highest BCUT2D eigenvalue weighted by molar-refractivity contribution is 5.46. The molecule has 16 heavy (non-hydrogen) atoms. The number of benzene rings is 1. The SMILES string of the molecule is Cn1nc(CCc2ccccc2N)nc1N. The molecule has 0 bridgehead atoms. The van der Waals surface area contributed by atoms with Crippen LogP contribution in [0.4, 0.5) is 11.6 Å². The van der Waals surface area contributed by atoms with Crippen molar-refractivity contribution < 1.29 is 0 Å². The van der Waals surface area contributed by atoms with Gasteiger partial charge in [-0.25, -0.2) is 4.68 Å². The van der Waals surface area contributed by atoms with Crippen molar-refractivity contribution in [3.8, 4) is 0 Å². The second-order valence-electron chi connectivity index (χ2n) is 3.71. The lowest BCUT2D eigenvalue weighted by Gasteiger charge is -2.02. The highest BCUT2D eigenvalue weighted by atomic mass is 15.4. The summed E-state index contributed by atoms with van der Waals surface area (Å²) in [7, 11) is 1.78. The highest BCUT2D eigenvalue weighted by Gasteiger charge is 2.05. The van der Waals surface area contributed by atoms with Gasteiger partial charge in [0, 0.05) is 19.2 Å². The van der Waals surface area contributed by atoms with E-state index in [1.165, 1.54) is 0 Å². The quantitative estimate of drug-likeness (QED) is 0.744. The van der Waals surface area contributed by atoms with E-state index in [1.54, 1.807) is 11.7 Å². The molecule has 0 amide bonds. The molecule has 0 atom stereocenters. The smallest absolute Gasteiger partial charge is 0.218 e. The van der Waals surface area contributed by atoms with E-state index in [1.807, 2.05) is 24.3 Å². The molecule has 0 spiro atoms. The van der Waals surface area contributed by atoms with Crippen LogP contribution in [0.1, 0.15) is 11.4 Å². The summed E-state index contributed by atoms with van der Waals surface area (Å²) in [5, 5.41) is 4.19. The molecule has 5 nitrogen and oxygen atoms in total. The summed E-state index contributed by atoms with van der Waals surface area (Å²) in [6.45, 7) is 0. The average Bonchev–Trinajstić information content (AvgIpc) is 2.57. The molecule has 0 unspecified atom stereocenters. The van der Waals surface area contributed by atoms with E-state index in [0.29, 0.717) is 5.95 Å². The van der Waals surface area contributed by atoms with Crippen molar-refractivity contribution in [1.29, 1.82) is 0 Å². The number of hydrogen-bond acceptors (Lipinski definition) is 4. The molecule has 84 valence electrons. The third kappa shape index (κ3) is 2.13. The van der Waals surface area contributed by atoms with Crippen molar-refractivity contribution >= 4 is 11.6 Å². The first-order chi connectivity index (χ1) is 7.66. The van der Waals surface area contributed by atoms with Crippen LogP contribution >= 0.6 is 0 Å². The Kier molecular flexibility index (Phi) is 2.76. The van der Waals surface area contributed by atoms with Crippen LogP contribution in [0.25, 0.3) is 0 Å². The van der Waals surface area contributed by atoms with Crippen LogP contribution in [0.15, 0.2) is 24.3 Å². The Morgan fingerprint density at radius 3 is 2.56 bits per heavy atom. The summed E-state index contributed by atoms with van der Waals surface area (Å²) in [6.07, 6.45) is 1.58. The van der Waals surface area contributed by atoms with Gasteiger partial charge in [-0.15, -0.1) is 0 Å². The number of nitrogens with zero attached hydrogens (tertiary/aromatic N) is 3. The van der Waals surface area contributed by atoms with Crippen LogP contribution < -0.4 is 11.5 Å². The number of aromatic nitrogens is 3. The predicted octanol–water partition coefficient (Wildman–Crippen LogP) is 0.765. The van der Waals surface area contributed by atoms with E-state index in [9.17, 15) is 0 Å². The van der Waals surface area contributed by atoms with Gasteiger partial charge in [0.1, 0.15) is 0 Å². The number of anilines is 2. The lowest BCUT2D eigenvalue weighted by Crippen LogP contribution is -1.99. The molecule has 0 aliphatic heterocycles. The highest BCUT2D eigenvalue weighted by Crippen LogP contribution is 2.13. The van der Waals surface area contributed by atoms with Gasteiger partial charge in [-0.1, -0.05) is 18.2 Å². The zero-order valence-electron chi connectivity index (χ0n) is 9.22. The monoisotopic (exact) mass is 217 g/mol. The first-order valence-electron chi connectivity index (χ1n) is 5.15. The maximum Gasteiger partial charge on any atom is 0.218 e. The number of nitrogen functional groups attached to an aromatic ring is 2. The Bertz CT molecular complexity index is 469. The number of nitrogens with two attached hydrogens (primary N) is 2. The van der Waals surface area contributed by atoms with Gasteiger partial charge in [-0.2, -0.15) is 10.1 Å². The first kappa shape index (κ1) is 10.5. The van der Waals surface area contributed by atoms with Crippen molar-refractivity contribution in [2.45, 2.75) is 12.8 Å². The lowest BCUT2D eigenvalue weighted by atomic mass is 10.1. The Labute approximate surface area is 94.1 Å². The first-order valence-corrected chi connectivity index (χ1v) is 5.15. The lowest BCUT2D eigenvalue weighted by molar-refractivity contribution is 0.744. The van der Waals surface area contributed by atoms with Crippen molar-refractivity contribution in [1.82, 2.24) is 14.8 Å². The minimum Gasteiger partial charge on any atom is -0.399 e. The van der Waals surface area contributed by atoms with Crippen molar-refractivity contribution in [2.24, 2.45) is 7.05 Å².